The van der Waals surface area contributed by atoms with Crippen LogP contribution in [0.15, 0.2) is 30.4 Å². The average Bonchev–Trinajstić information content (AvgIpc) is 3.03. The van der Waals surface area contributed by atoms with E-state index in [4.69, 9.17) is 27.9 Å². The number of hydrogen-bond acceptors (Lipinski definition) is 2. The van der Waals surface area contributed by atoms with Gasteiger partial charge in [-0.2, -0.15) is 0 Å². The first-order valence-electron chi connectivity index (χ1n) is 6.69. The van der Waals surface area contributed by atoms with Crippen LogP contribution in [-0.4, -0.2) is 12.7 Å². The topological polar surface area (TPSA) is 38.3 Å². The first-order chi connectivity index (χ1) is 9.61. The van der Waals surface area contributed by atoms with Crippen LogP contribution in [0.25, 0.3) is 0 Å². The van der Waals surface area contributed by atoms with Gasteiger partial charge in [0.2, 0.25) is 0 Å². The number of benzene rings is 1. The molecule has 2 aliphatic carbocycles. The summed E-state index contributed by atoms with van der Waals surface area (Å²) in [5.41, 5.74) is 0.581. The van der Waals surface area contributed by atoms with Crippen molar-refractivity contribution < 1.29 is 9.53 Å². The zero-order valence-corrected chi connectivity index (χ0v) is 12.3. The molecule has 2 bridgehead atoms. The molecule has 0 saturated heterocycles. The first kappa shape index (κ1) is 13.8. The number of ether oxygens (including phenoxy) is 1. The second-order valence-corrected chi connectivity index (χ2v) is 6.21. The van der Waals surface area contributed by atoms with E-state index >= 15 is 0 Å². The monoisotopic (exact) mass is 311 g/mol. The molecular weight excluding hydrogens is 297 g/mol. The number of nitrogens with one attached hydrogen (secondary N) is 1. The van der Waals surface area contributed by atoms with Gasteiger partial charge in [-0.25, -0.2) is 4.79 Å². The highest BCUT2D eigenvalue weighted by atomic mass is 35.5. The smallest absolute Gasteiger partial charge is 0.411 e. The van der Waals surface area contributed by atoms with E-state index in [1.54, 1.807) is 18.2 Å². The Morgan fingerprint density at radius 3 is 2.75 bits per heavy atom. The Morgan fingerprint density at radius 1 is 1.25 bits per heavy atom. The Morgan fingerprint density at radius 2 is 2.10 bits per heavy atom. The molecule has 106 valence electrons. The van der Waals surface area contributed by atoms with Gasteiger partial charge in [0.25, 0.3) is 0 Å². The third-order valence-corrected chi connectivity index (χ3v) is 4.75. The number of allylic oxidation sites excluding steroid dienone is 2. The number of rotatable bonds is 3. The highest BCUT2D eigenvalue weighted by molar-refractivity contribution is 6.42. The molecule has 0 radical (unpaired) electrons. The minimum absolute atomic E-state index is 0.405. The van der Waals surface area contributed by atoms with Crippen molar-refractivity contribution in [2.75, 3.05) is 11.9 Å². The molecule has 1 amide bonds. The summed E-state index contributed by atoms with van der Waals surface area (Å²) in [6.45, 7) is 0.471. The molecule has 1 aromatic carbocycles. The molecule has 1 aromatic rings. The minimum Gasteiger partial charge on any atom is -0.449 e. The summed E-state index contributed by atoms with van der Waals surface area (Å²) in [6, 6.07) is 4.93. The third kappa shape index (κ3) is 2.94. The van der Waals surface area contributed by atoms with E-state index < -0.39 is 6.09 Å². The number of anilines is 1. The lowest BCUT2D eigenvalue weighted by atomic mass is 9.95. The Balaban J connectivity index is 1.50. The maximum Gasteiger partial charge on any atom is 0.411 e. The molecule has 2 aliphatic rings. The molecule has 0 unspecified atom stereocenters. The fourth-order valence-corrected chi connectivity index (χ4v) is 3.29. The van der Waals surface area contributed by atoms with Crippen LogP contribution >= 0.6 is 23.2 Å². The summed E-state index contributed by atoms with van der Waals surface area (Å²) >= 11 is 11.7. The van der Waals surface area contributed by atoms with E-state index in [1.165, 1.54) is 6.42 Å². The van der Waals surface area contributed by atoms with Gasteiger partial charge in [0.05, 0.1) is 16.7 Å². The lowest BCUT2D eigenvalue weighted by Crippen LogP contribution is -2.21. The summed E-state index contributed by atoms with van der Waals surface area (Å²) in [5, 5.41) is 3.52. The Kier molecular flexibility index (Phi) is 3.90. The Labute approximate surface area is 127 Å². The molecule has 1 saturated carbocycles. The molecule has 20 heavy (non-hydrogen) atoms. The number of carbonyl (C=O) groups excluding carboxylic acids is 1. The van der Waals surface area contributed by atoms with Crippen molar-refractivity contribution in [1.29, 1.82) is 0 Å². The van der Waals surface area contributed by atoms with Gasteiger partial charge in [-0.05, 0) is 42.9 Å². The van der Waals surface area contributed by atoms with E-state index in [0.29, 0.717) is 40.1 Å². The molecule has 0 aromatic heterocycles. The van der Waals surface area contributed by atoms with Crippen molar-refractivity contribution in [2.45, 2.75) is 12.8 Å². The lowest BCUT2D eigenvalue weighted by molar-refractivity contribution is 0.134. The summed E-state index contributed by atoms with van der Waals surface area (Å²) in [6.07, 6.45) is 6.41. The standard InChI is InChI=1S/C15H15Cl2NO2/c16-13-4-3-12(7-14(13)17)18-15(19)20-8-11-6-9-1-2-10(11)5-9/h1-4,7,9-11H,5-6,8H2,(H,18,19)/t9-,10-,11+/m0/s1. The normalized spacial score (nSPS) is 26.8. The van der Waals surface area contributed by atoms with Crippen LogP contribution in [-0.2, 0) is 4.74 Å². The van der Waals surface area contributed by atoms with Crippen LogP contribution in [0.2, 0.25) is 10.0 Å². The molecule has 0 heterocycles. The maximum absolute atomic E-state index is 11.7. The number of hydrogen-bond donors (Lipinski definition) is 1. The van der Waals surface area contributed by atoms with Crippen LogP contribution in [0, 0.1) is 17.8 Å². The zero-order valence-electron chi connectivity index (χ0n) is 10.8. The Hall–Kier alpha value is -1.19. The molecular formula is C15H15Cl2NO2. The molecule has 0 aliphatic heterocycles. The zero-order chi connectivity index (χ0) is 14.1. The van der Waals surface area contributed by atoms with E-state index in [0.717, 1.165) is 6.42 Å². The summed E-state index contributed by atoms with van der Waals surface area (Å²) in [4.78, 5) is 11.7. The van der Waals surface area contributed by atoms with E-state index in [9.17, 15) is 4.79 Å². The average molecular weight is 312 g/mol. The van der Waals surface area contributed by atoms with Crippen LogP contribution in [0.1, 0.15) is 12.8 Å². The highest BCUT2D eigenvalue weighted by Crippen LogP contribution is 2.43. The predicted octanol–water partition coefficient (Wildman–Crippen LogP) is 4.75. The van der Waals surface area contributed by atoms with Crippen LogP contribution in [0.3, 0.4) is 0 Å². The predicted molar refractivity (Wildman–Crippen MR) is 80.3 cm³/mol. The SMILES string of the molecule is O=C(Nc1ccc(Cl)c(Cl)c1)OC[C@H]1C[C@H]2C=C[C@H]1C2. The van der Waals surface area contributed by atoms with Gasteiger partial charge >= 0.3 is 6.09 Å². The second-order valence-electron chi connectivity index (χ2n) is 5.39. The maximum atomic E-state index is 11.7. The quantitative estimate of drug-likeness (QED) is 0.818. The van der Waals surface area contributed by atoms with Crippen molar-refractivity contribution in [3.05, 3.63) is 40.4 Å². The number of amides is 1. The van der Waals surface area contributed by atoms with Gasteiger partial charge in [-0.3, -0.25) is 5.32 Å². The molecule has 0 spiro atoms. The van der Waals surface area contributed by atoms with Crippen LogP contribution < -0.4 is 5.32 Å². The fraction of sp³-hybridized carbons (Fsp3) is 0.400. The van der Waals surface area contributed by atoms with Crippen molar-refractivity contribution in [2.24, 2.45) is 17.8 Å². The van der Waals surface area contributed by atoms with Crippen molar-refractivity contribution in [1.82, 2.24) is 0 Å². The van der Waals surface area contributed by atoms with Gasteiger partial charge in [-0.1, -0.05) is 35.4 Å². The number of fused-ring (bicyclic) bond motifs is 2. The summed E-state index contributed by atoms with van der Waals surface area (Å²) < 4.78 is 5.29. The summed E-state index contributed by atoms with van der Waals surface area (Å²) in [5.74, 6) is 1.73. The fourth-order valence-electron chi connectivity index (χ4n) is 3.00. The lowest BCUT2D eigenvalue weighted by Gasteiger charge is -2.17. The molecule has 3 atom stereocenters. The van der Waals surface area contributed by atoms with Gasteiger partial charge in [-0.15, -0.1) is 0 Å². The van der Waals surface area contributed by atoms with Gasteiger partial charge < -0.3 is 4.74 Å². The van der Waals surface area contributed by atoms with Gasteiger partial charge in [0.15, 0.2) is 0 Å². The van der Waals surface area contributed by atoms with Crippen LogP contribution in [0.5, 0.6) is 0 Å². The van der Waals surface area contributed by atoms with Crippen LogP contribution in [0.4, 0.5) is 10.5 Å². The molecule has 3 nitrogen and oxygen atoms in total. The molecule has 1 N–H and O–H groups in total. The van der Waals surface area contributed by atoms with Crippen molar-refractivity contribution in [3.8, 4) is 0 Å². The van der Waals surface area contributed by atoms with E-state index in [2.05, 4.69) is 17.5 Å². The second kappa shape index (κ2) is 5.66. The summed E-state index contributed by atoms with van der Waals surface area (Å²) in [7, 11) is 0. The van der Waals surface area contributed by atoms with E-state index in [-0.39, 0.29) is 0 Å². The number of halogens is 2. The van der Waals surface area contributed by atoms with E-state index in [1.807, 2.05) is 0 Å². The Bertz CT molecular complexity index is 559. The minimum atomic E-state index is -0.449. The molecule has 1 fully saturated rings. The largest absolute Gasteiger partial charge is 0.449 e. The number of carbonyl (C=O) groups is 1. The highest BCUT2D eigenvalue weighted by Gasteiger charge is 2.36. The molecule has 3 rings (SSSR count). The van der Waals surface area contributed by atoms with Crippen molar-refractivity contribution in [3.63, 3.8) is 0 Å². The van der Waals surface area contributed by atoms with Crippen molar-refractivity contribution >= 4 is 35.0 Å². The van der Waals surface area contributed by atoms with Gasteiger partial charge in [0.1, 0.15) is 0 Å². The first-order valence-corrected chi connectivity index (χ1v) is 7.44. The molecule has 5 heteroatoms. The van der Waals surface area contributed by atoms with Gasteiger partial charge in [0, 0.05) is 11.6 Å². The third-order valence-electron chi connectivity index (χ3n) is 4.01.